The van der Waals surface area contributed by atoms with Crippen molar-refractivity contribution in [3.63, 3.8) is 0 Å². The second kappa shape index (κ2) is 6.29. The van der Waals surface area contributed by atoms with Crippen molar-refractivity contribution in [3.05, 3.63) is 47.2 Å². The summed E-state index contributed by atoms with van der Waals surface area (Å²) in [6.07, 6.45) is -1.38. The van der Waals surface area contributed by atoms with Crippen LogP contribution in [-0.2, 0) is 14.4 Å². The van der Waals surface area contributed by atoms with Crippen molar-refractivity contribution in [3.8, 4) is 0 Å². The van der Waals surface area contributed by atoms with Crippen molar-refractivity contribution >= 4 is 29.5 Å². The van der Waals surface area contributed by atoms with E-state index in [0.717, 1.165) is 0 Å². The topological polar surface area (TPSA) is 107 Å². The van der Waals surface area contributed by atoms with Crippen LogP contribution in [0.3, 0.4) is 0 Å². The third kappa shape index (κ3) is 2.67. The first-order valence-electron chi connectivity index (χ1n) is 7.33. The van der Waals surface area contributed by atoms with E-state index < -0.39 is 35.3 Å². The largest absolute Gasteiger partial charge is 0.477 e. The van der Waals surface area contributed by atoms with Crippen LogP contribution < -0.4 is 5.32 Å². The highest BCUT2D eigenvalue weighted by Gasteiger charge is 2.53. The minimum absolute atomic E-state index is 0.0159. The van der Waals surface area contributed by atoms with Gasteiger partial charge in [-0.15, -0.1) is 11.8 Å². The number of carbonyl (C=O) groups excluding carboxylic acids is 2. The van der Waals surface area contributed by atoms with Gasteiger partial charge in [-0.3, -0.25) is 14.5 Å². The average Bonchev–Trinajstić information content (AvgIpc) is 2.59. The highest BCUT2D eigenvalue weighted by Crippen LogP contribution is 2.40. The van der Waals surface area contributed by atoms with Gasteiger partial charge in [-0.25, -0.2) is 4.79 Å². The summed E-state index contributed by atoms with van der Waals surface area (Å²) in [6, 6.07) is 7.56. The highest BCUT2D eigenvalue weighted by atomic mass is 32.2. The van der Waals surface area contributed by atoms with Crippen molar-refractivity contribution in [2.75, 3.05) is 5.75 Å². The van der Waals surface area contributed by atoms with Gasteiger partial charge in [0.05, 0.1) is 0 Å². The lowest BCUT2D eigenvalue weighted by Crippen LogP contribution is -2.70. The number of β-lactam (4-membered cyclic amide) rings is 1. The molecular weight excluding hydrogens is 332 g/mol. The number of hydrogen-bond acceptors (Lipinski definition) is 5. The first-order chi connectivity index (χ1) is 11.4. The molecular formula is C16H16N2O5S. The maximum absolute atomic E-state index is 12.3. The molecule has 0 aromatic heterocycles. The first kappa shape index (κ1) is 16.5. The summed E-state index contributed by atoms with van der Waals surface area (Å²) in [6.45, 7) is 1.67. The van der Waals surface area contributed by atoms with Crippen molar-refractivity contribution in [2.45, 2.75) is 24.4 Å². The van der Waals surface area contributed by atoms with E-state index in [1.54, 1.807) is 37.3 Å². The summed E-state index contributed by atoms with van der Waals surface area (Å²) in [4.78, 5) is 37.0. The van der Waals surface area contributed by atoms with Crippen molar-refractivity contribution in [1.29, 1.82) is 0 Å². The maximum atomic E-state index is 12.3. The molecule has 3 N–H and O–H groups in total. The van der Waals surface area contributed by atoms with Crippen LogP contribution >= 0.6 is 11.8 Å². The molecule has 2 unspecified atom stereocenters. The number of amides is 2. The molecule has 2 aliphatic rings. The summed E-state index contributed by atoms with van der Waals surface area (Å²) in [5.74, 6) is -1.83. The molecule has 0 aliphatic carbocycles. The molecule has 2 amide bonds. The number of fused-ring (bicyclic) bond motifs is 1. The quantitative estimate of drug-likeness (QED) is 0.683. The zero-order valence-corrected chi connectivity index (χ0v) is 13.6. The number of aliphatic hydroxyl groups excluding tert-OH is 1. The number of nitrogens with one attached hydrogen (secondary N) is 1. The molecule has 2 heterocycles. The Kier molecular flexibility index (Phi) is 4.33. The molecule has 126 valence electrons. The maximum Gasteiger partial charge on any atom is 0.352 e. The molecule has 1 aromatic rings. The molecule has 0 bridgehead atoms. The lowest BCUT2D eigenvalue weighted by Gasteiger charge is -2.49. The Morgan fingerprint density at radius 2 is 2.00 bits per heavy atom. The number of nitrogens with zero attached hydrogens (tertiary/aromatic N) is 1. The third-order valence-corrected chi connectivity index (χ3v) is 5.45. The Labute approximate surface area is 142 Å². The number of carbonyl (C=O) groups is 3. The van der Waals surface area contributed by atoms with Gasteiger partial charge in [0.2, 0.25) is 0 Å². The number of hydrogen-bond donors (Lipinski definition) is 3. The second-order valence-electron chi connectivity index (χ2n) is 5.64. The van der Waals surface area contributed by atoms with Gasteiger partial charge in [0.15, 0.2) is 6.10 Å². The first-order valence-corrected chi connectivity index (χ1v) is 8.37. The zero-order valence-electron chi connectivity index (χ0n) is 12.8. The monoisotopic (exact) mass is 348 g/mol. The molecule has 1 saturated heterocycles. The van der Waals surface area contributed by atoms with E-state index in [1.807, 2.05) is 0 Å². The van der Waals surface area contributed by atoms with Crippen LogP contribution in [0.25, 0.3) is 0 Å². The fourth-order valence-electron chi connectivity index (χ4n) is 2.79. The molecule has 2 aliphatic heterocycles. The van der Waals surface area contributed by atoms with Crippen molar-refractivity contribution in [1.82, 2.24) is 10.2 Å². The number of thioether (sulfide) groups is 1. The van der Waals surface area contributed by atoms with E-state index in [0.29, 0.717) is 16.9 Å². The van der Waals surface area contributed by atoms with Crippen LogP contribution in [0.15, 0.2) is 41.6 Å². The van der Waals surface area contributed by atoms with Gasteiger partial charge >= 0.3 is 5.97 Å². The van der Waals surface area contributed by atoms with Crippen molar-refractivity contribution in [2.24, 2.45) is 0 Å². The van der Waals surface area contributed by atoms with Crippen LogP contribution in [0, 0.1) is 0 Å². The summed E-state index contributed by atoms with van der Waals surface area (Å²) in [5.41, 5.74) is 1.03. The second-order valence-corrected chi connectivity index (χ2v) is 6.75. The van der Waals surface area contributed by atoms with Gasteiger partial charge in [-0.1, -0.05) is 30.3 Å². The van der Waals surface area contributed by atoms with E-state index >= 15 is 0 Å². The van der Waals surface area contributed by atoms with Gasteiger partial charge in [0.1, 0.15) is 17.1 Å². The molecule has 1 fully saturated rings. The standard InChI is InChI=1S/C16H16N2O5S/c1-8-7-24-15-10(14(21)18(15)11(8)16(22)23)17-13(20)12(19)9-5-3-2-4-6-9/h2-6,10,12,15,19H,7H2,1H3,(H,17,20)(H,22,23)/t10?,12?,15-/m1/s1. The summed E-state index contributed by atoms with van der Waals surface area (Å²) in [5, 5.41) is 21.4. The van der Waals surface area contributed by atoms with Crippen LogP contribution in [-0.4, -0.2) is 50.1 Å². The molecule has 0 saturated carbocycles. The van der Waals surface area contributed by atoms with Crippen molar-refractivity contribution < 1.29 is 24.6 Å². The van der Waals surface area contributed by atoms with Crippen LogP contribution in [0.5, 0.6) is 0 Å². The number of carboxylic acid groups (broad SMARTS) is 1. The molecule has 7 nitrogen and oxygen atoms in total. The van der Waals surface area contributed by atoms with E-state index in [9.17, 15) is 24.6 Å². The van der Waals surface area contributed by atoms with E-state index in [2.05, 4.69) is 5.32 Å². The van der Waals surface area contributed by atoms with E-state index in [4.69, 9.17) is 0 Å². The lowest BCUT2D eigenvalue weighted by molar-refractivity contribution is -0.151. The molecule has 3 atom stereocenters. The number of benzene rings is 1. The minimum atomic E-state index is -1.38. The highest BCUT2D eigenvalue weighted by molar-refractivity contribution is 8.00. The smallest absolute Gasteiger partial charge is 0.352 e. The van der Waals surface area contributed by atoms with Gasteiger partial charge in [0.25, 0.3) is 11.8 Å². The molecule has 0 radical (unpaired) electrons. The number of rotatable bonds is 4. The fraction of sp³-hybridized carbons (Fsp3) is 0.312. The molecule has 3 rings (SSSR count). The van der Waals surface area contributed by atoms with Gasteiger partial charge in [-0.2, -0.15) is 0 Å². The SMILES string of the molecule is CC1=C(C(=O)O)N2C(=O)C(NC(=O)C(O)c3ccccc3)[C@H]2SC1. The summed E-state index contributed by atoms with van der Waals surface area (Å²) < 4.78 is 0. The average molecular weight is 348 g/mol. The van der Waals surface area contributed by atoms with E-state index in [1.165, 1.54) is 16.7 Å². The van der Waals surface area contributed by atoms with Crippen LogP contribution in [0.1, 0.15) is 18.6 Å². The Bertz CT molecular complexity index is 733. The van der Waals surface area contributed by atoms with Crippen LogP contribution in [0.4, 0.5) is 0 Å². The minimum Gasteiger partial charge on any atom is -0.477 e. The predicted octanol–water partition coefficient (Wildman–Crippen LogP) is 0.479. The van der Waals surface area contributed by atoms with Gasteiger partial charge < -0.3 is 15.5 Å². The fourth-order valence-corrected chi connectivity index (χ4v) is 4.09. The Morgan fingerprint density at radius 3 is 2.62 bits per heavy atom. The number of carboxylic acids is 1. The third-order valence-electron chi connectivity index (χ3n) is 4.02. The van der Waals surface area contributed by atoms with E-state index in [-0.39, 0.29) is 5.70 Å². The Morgan fingerprint density at radius 1 is 1.33 bits per heavy atom. The normalized spacial score (nSPS) is 24.1. The number of aliphatic carboxylic acids is 1. The predicted molar refractivity (Wildman–Crippen MR) is 86.8 cm³/mol. The summed E-state index contributed by atoms with van der Waals surface area (Å²) in [7, 11) is 0. The molecule has 0 spiro atoms. The summed E-state index contributed by atoms with van der Waals surface area (Å²) >= 11 is 1.39. The molecule has 24 heavy (non-hydrogen) atoms. The zero-order chi connectivity index (χ0) is 17.4. The lowest BCUT2D eigenvalue weighted by atomic mass is 10.0. The molecule has 1 aromatic carbocycles. The number of aliphatic hydroxyl groups is 1. The Hall–Kier alpha value is -2.32. The van der Waals surface area contributed by atoms with Gasteiger partial charge in [-0.05, 0) is 18.1 Å². The Balaban J connectivity index is 1.71. The van der Waals surface area contributed by atoms with Gasteiger partial charge in [0, 0.05) is 5.75 Å². The molecule has 8 heteroatoms. The van der Waals surface area contributed by atoms with Crippen LogP contribution in [0.2, 0.25) is 0 Å².